The van der Waals surface area contributed by atoms with E-state index < -0.39 is 17.7 Å². The Bertz CT molecular complexity index is 1420. The van der Waals surface area contributed by atoms with Crippen LogP contribution in [-0.4, -0.2) is 31.0 Å². The molecule has 3 aromatic rings. The van der Waals surface area contributed by atoms with Crippen LogP contribution in [0.15, 0.2) is 66.2 Å². The van der Waals surface area contributed by atoms with Gasteiger partial charge in [0.05, 0.1) is 31.4 Å². The van der Waals surface area contributed by atoms with Crippen molar-refractivity contribution in [3.63, 3.8) is 0 Å². The van der Waals surface area contributed by atoms with Gasteiger partial charge in [0.25, 0.3) is 11.7 Å². The third-order valence-electron chi connectivity index (χ3n) is 6.61. The van der Waals surface area contributed by atoms with E-state index in [0.717, 1.165) is 11.1 Å². The van der Waals surface area contributed by atoms with Gasteiger partial charge in [-0.2, -0.15) is 0 Å². The number of ketones is 1. The first-order valence-corrected chi connectivity index (χ1v) is 12.3. The fourth-order valence-corrected chi connectivity index (χ4v) is 4.64. The van der Waals surface area contributed by atoms with Crippen LogP contribution in [-0.2, 0) is 15.0 Å². The van der Waals surface area contributed by atoms with Gasteiger partial charge in [-0.25, -0.2) is 0 Å². The molecular formula is C30H30ClNO5. The van der Waals surface area contributed by atoms with E-state index in [2.05, 4.69) is 20.8 Å². The number of benzene rings is 3. The molecule has 37 heavy (non-hydrogen) atoms. The van der Waals surface area contributed by atoms with E-state index in [1.807, 2.05) is 13.0 Å². The summed E-state index contributed by atoms with van der Waals surface area (Å²) >= 11 is 6.39. The summed E-state index contributed by atoms with van der Waals surface area (Å²) in [6.07, 6.45) is 0. The van der Waals surface area contributed by atoms with Gasteiger partial charge in [0.15, 0.2) is 0 Å². The molecule has 3 aromatic carbocycles. The number of hydrogen-bond acceptors (Lipinski definition) is 5. The molecule has 1 heterocycles. The molecule has 1 aliphatic rings. The number of aliphatic hydroxyl groups is 1. The standard InChI is InChI=1S/C30H30ClNO5/c1-17-10-12-20(16-23(17)31)32-26(18-8-7-9-21(14-18)36-5)25(28(34)29(32)35)27(33)22-15-19(30(2,3)4)11-13-24(22)37-6/h7-16,26,33H,1-6H3/b27-25+. The highest BCUT2D eigenvalue weighted by Gasteiger charge is 2.47. The lowest BCUT2D eigenvalue weighted by molar-refractivity contribution is -0.132. The highest BCUT2D eigenvalue weighted by atomic mass is 35.5. The normalized spacial score (nSPS) is 17.3. The fraction of sp³-hybridized carbons (Fsp3) is 0.267. The minimum absolute atomic E-state index is 0.0423. The Morgan fingerprint density at radius 1 is 0.973 bits per heavy atom. The van der Waals surface area contributed by atoms with Crippen molar-refractivity contribution >= 4 is 34.7 Å². The van der Waals surface area contributed by atoms with Crippen LogP contribution in [0.4, 0.5) is 5.69 Å². The summed E-state index contributed by atoms with van der Waals surface area (Å²) in [5, 5.41) is 12.1. The maximum atomic E-state index is 13.6. The Labute approximate surface area is 222 Å². The first-order valence-electron chi connectivity index (χ1n) is 11.9. The average Bonchev–Trinajstić information content (AvgIpc) is 3.14. The highest BCUT2D eigenvalue weighted by Crippen LogP contribution is 2.45. The Kier molecular flexibility index (Phi) is 7.07. The van der Waals surface area contributed by atoms with Gasteiger partial charge in [0.2, 0.25) is 0 Å². The van der Waals surface area contributed by atoms with Crippen LogP contribution in [0, 0.1) is 6.92 Å². The lowest BCUT2D eigenvalue weighted by atomic mass is 9.85. The molecule has 0 bridgehead atoms. The zero-order chi connectivity index (χ0) is 27.1. The molecule has 0 radical (unpaired) electrons. The topological polar surface area (TPSA) is 76.1 Å². The van der Waals surface area contributed by atoms with Crippen molar-refractivity contribution in [3.05, 3.63) is 93.5 Å². The van der Waals surface area contributed by atoms with Crippen LogP contribution in [0.1, 0.15) is 49.1 Å². The number of ether oxygens (including phenoxy) is 2. The predicted octanol–water partition coefficient (Wildman–Crippen LogP) is 6.59. The second-order valence-corrected chi connectivity index (χ2v) is 10.5. The van der Waals surface area contributed by atoms with E-state index in [9.17, 15) is 14.7 Å². The summed E-state index contributed by atoms with van der Waals surface area (Å²) in [5.41, 5.74) is 2.89. The number of carbonyl (C=O) groups excluding carboxylic acids is 2. The zero-order valence-electron chi connectivity index (χ0n) is 21.8. The summed E-state index contributed by atoms with van der Waals surface area (Å²) in [4.78, 5) is 28.4. The number of anilines is 1. The maximum absolute atomic E-state index is 13.6. The molecule has 192 valence electrons. The number of Topliss-reactive ketones (excluding diaryl/α,β-unsaturated/α-hetero) is 1. The zero-order valence-corrected chi connectivity index (χ0v) is 22.5. The van der Waals surface area contributed by atoms with Gasteiger partial charge in [-0.3, -0.25) is 14.5 Å². The van der Waals surface area contributed by atoms with Crippen LogP contribution in [0.25, 0.3) is 5.76 Å². The third kappa shape index (κ3) is 4.81. The van der Waals surface area contributed by atoms with E-state index in [0.29, 0.717) is 33.3 Å². The molecule has 1 unspecified atom stereocenters. The molecule has 0 aromatic heterocycles. The molecule has 1 amide bonds. The Morgan fingerprint density at radius 3 is 2.32 bits per heavy atom. The third-order valence-corrected chi connectivity index (χ3v) is 7.02. The molecule has 1 fully saturated rings. The number of hydrogen-bond donors (Lipinski definition) is 1. The largest absolute Gasteiger partial charge is 0.507 e. The molecule has 1 N–H and O–H groups in total. The van der Waals surface area contributed by atoms with Crippen molar-refractivity contribution in [2.24, 2.45) is 0 Å². The lowest BCUT2D eigenvalue weighted by Crippen LogP contribution is -2.29. The molecule has 0 spiro atoms. The van der Waals surface area contributed by atoms with Gasteiger partial charge in [0.1, 0.15) is 17.3 Å². The van der Waals surface area contributed by atoms with Crippen LogP contribution >= 0.6 is 11.6 Å². The van der Waals surface area contributed by atoms with E-state index in [1.165, 1.54) is 12.0 Å². The number of carbonyl (C=O) groups is 2. The minimum atomic E-state index is -0.920. The number of aliphatic hydroxyl groups excluding tert-OH is 1. The second kappa shape index (κ2) is 9.94. The molecular weight excluding hydrogens is 490 g/mol. The quantitative estimate of drug-likeness (QED) is 0.234. The van der Waals surface area contributed by atoms with Crippen LogP contribution in [0.5, 0.6) is 11.5 Å². The average molecular weight is 520 g/mol. The summed E-state index contributed by atoms with van der Waals surface area (Å²) in [6.45, 7) is 8.01. The SMILES string of the molecule is COc1cccc(C2/C(=C(\O)c3cc(C(C)(C)C)ccc3OC)C(=O)C(=O)N2c2ccc(C)c(Cl)c2)c1. The van der Waals surface area contributed by atoms with Gasteiger partial charge < -0.3 is 14.6 Å². The summed E-state index contributed by atoms with van der Waals surface area (Å²) in [6, 6.07) is 16.8. The van der Waals surface area contributed by atoms with Crippen LogP contribution in [0.3, 0.4) is 0 Å². The Balaban J connectivity index is 2.02. The first kappa shape index (κ1) is 26.3. The number of rotatable bonds is 5. The second-order valence-electron chi connectivity index (χ2n) is 10.0. The lowest BCUT2D eigenvalue weighted by Gasteiger charge is -2.26. The molecule has 0 saturated carbocycles. The number of amides is 1. The van der Waals surface area contributed by atoms with Crippen molar-refractivity contribution in [1.82, 2.24) is 0 Å². The van der Waals surface area contributed by atoms with Gasteiger partial charge in [-0.15, -0.1) is 0 Å². The van der Waals surface area contributed by atoms with Crippen molar-refractivity contribution in [2.75, 3.05) is 19.1 Å². The van der Waals surface area contributed by atoms with Crippen LogP contribution < -0.4 is 14.4 Å². The van der Waals surface area contributed by atoms with E-state index in [-0.39, 0.29) is 16.7 Å². The van der Waals surface area contributed by atoms with E-state index >= 15 is 0 Å². The monoisotopic (exact) mass is 519 g/mol. The molecule has 1 saturated heterocycles. The molecule has 7 heteroatoms. The molecule has 0 aliphatic carbocycles. The van der Waals surface area contributed by atoms with Gasteiger partial charge in [0, 0.05) is 10.7 Å². The van der Waals surface area contributed by atoms with Gasteiger partial charge >= 0.3 is 0 Å². The van der Waals surface area contributed by atoms with Crippen molar-refractivity contribution < 1.29 is 24.2 Å². The highest BCUT2D eigenvalue weighted by molar-refractivity contribution is 6.52. The molecule has 4 rings (SSSR count). The minimum Gasteiger partial charge on any atom is -0.507 e. The predicted molar refractivity (Wildman–Crippen MR) is 146 cm³/mol. The van der Waals surface area contributed by atoms with Gasteiger partial charge in [-0.05, 0) is 65.4 Å². The van der Waals surface area contributed by atoms with E-state index in [1.54, 1.807) is 61.7 Å². The van der Waals surface area contributed by atoms with Crippen molar-refractivity contribution in [1.29, 1.82) is 0 Å². The number of aryl methyl sites for hydroxylation is 1. The summed E-state index contributed by atoms with van der Waals surface area (Å²) in [7, 11) is 3.04. The molecule has 1 aliphatic heterocycles. The number of halogens is 1. The summed E-state index contributed by atoms with van der Waals surface area (Å²) < 4.78 is 10.9. The first-order chi connectivity index (χ1) is 17.5. The molecule has 6 nitrogen and oxygen atoms in total. The molecule has 1 atom stereocenters. The van der Waals surface area contributed by atoms with Crippen molar-refractivity contribution in [3.8, 4) is 11.5 Å². The fourth-order valence-electron chi connectivity index (χ4n) is 4.46. The smallest absolute Gasteiger partial charge is 0.300 e. The number of methoxy groups -OCH3 is 2. The summed E-state index contributed by atoms with van der Waals surface area (Å²) in [5.74, 6) is -0.933. The maximum Gasteiger partial charge on any atom is 0.300 e. The van der Waals surface area contributed by atoms with Gasteiger partial charge in [-0.1, -0.05) is 56.6 Å². The van der Waals surface area contributed by atoms with E-state index in [4.69, 9.17) is 21.1 Å². The van der Waals surface area contributed by atoms with Crippen LogP contribution in [0.2, 0.25) is 5.02 Å². The van der Waals surface area contributed by atoms with Crippen molar-refractivity contribution in [2.45, 2.75) is 39.2 Å². The Hall–Kier alpha value is -3.77. The number of nitrogens with zero attached hydrogens (tertiary/aromatic N) is 1. The Morgan fingerprint density at radius 2 is 1.70 bits per heavy atom.